The number of rotatable bonds is 7. The highest BCUT2D eigenvalue weighted by Crippen LogP contribution is 2.49. The molecule has 0 bridgehead atoms. The van der Waals surface area contributed by atoms with Crippen LogP contribution in [0.1, 0.15) is 47.8 Å². The molecule has 1 aliphatic carbocycles. The molecule has 0 unspecified atom stereocenters. The highest BCUT2D eigenvalue weighted by molar-refractivity contribution is 6.30. The van der Waals surface area contributed by atoms with Gasteiger partial charge in [-0.1, -0.05) is 84.4 Å². The van der Waals surface area contributed by atoms with Crippen LogP contribution in [0, 0.1) is 12.8 Å². The van der Waals surface area contributed by atoms with Crippen LogP contribution >= 0.6 is 11.6 Å². The van der Waals surface area contributed by atoms with Gasteiger partial charge in [0, 0.05) is 11.9 Å². The number of carbonyl (C=O) groups is 1. The number of halogens is 2. The van der Waals surface area contributed by atoms with Crippen molar-refractivity contribution in [2.24, 2.45) is 11.7 Å². The second-order valence-corrected chi connectivity index (χ2v) is 10.0. The highest BCUT2D eigenvalue weighted by Gasteiger charge is 2.51. The molecule has 1 aliphatic rings. The van der Waals surface area contributed by atoms with Gasteiger partial charge in [0.2, 0.25) is 5.91 Å². The van der Waals surface area contributed by atoms with Gasteiger partial charge < -0.3 is 22.7 Å². The SMILES string of the molecule is Cc1n([C@@H]2CC[C@H](C(C(N)=O)(c3ccccc3)c3ccccc3)C2)cc[n+]1Cc1ccc(Cl)cc1.[Br-]. The molecule has 1 fully saturated rings. The summed E-state index contributed by atoms with van der Waals surface area (Å²) in [4.78, 5) is 13.4. The van der Waals surface area contributed by atoms with E-state index >= 15 is 0 Å². The molecule has 1 amide bonds. The maximum absolute atomic E-state index is 13.4. The summed E-state index contributed by atoms with van der Waals surface area (Å²) >= 11 is 6.05. The molecule has 1 saturated carbocycles. The summed E-state index contributed by atoms with van der Waals surface area (Å²) in [5, 5.41) is 0.750. The van der Waals surface area contributed by atoms with Crippen LogP contribution in [0.25, 0.3) is 0 Å². The van der Waals surface area contributed by atoms with Crippen LogP contribution in [0.3, 0.4) is 0 Å². The van der Waals surface area contributed by atoms with Crippen LogP contribution in [0.5, 0.6) is 0 Å². The van der Waals surface area contributed by atoms with E-state index < -0.39 is 5.41 Å². The molecule has 1 aromatic heterocycles. The topological polar surface area (TPSA) is 51.9 Å². The maximum atomic E-state index is 13.4. The zero-order chi connectivity index (χ0) is 24.4. The maximum Gasteiger partial charge on any atom is 0.253 e. The first kappa shape index (κ1) is 26.2. The third kappa shape index (κ3) is 4.74. The second kappa shape index (κ2) is 11.0. The summed E-state index contributed by atoms with van der Waals surface area (Å²) in [5.41, 5.74) is 8.59. The average Bonchev–Trinajstić information content (AvgIpc) is 3.49. The predicted molar refractivity (Wildman–Crippen MR) is 139 cm³/mol. The number of nitrogens with two attached hydrogens (primary N) is 1. The molecule has 0 saturated heterocycles. The van der Waals surface area contributed by atoms with E-state index in [1.54, 1.807) is 0 Å². The molecule has 6 heteroatoms. The van der Waals surface area contributed by atoms with E-state index in [9.17, 15) is 4.79 Å². The van der Waals surface area contributed by atoms with E-state index in [0.717, 1.165) is 42.0 Å². The summed E-state index contributed by atoms with van der Waals surface area (Å²) in [7, 11) is 0. The molecule has 2 atom stereocenters. The third-order valence-electron chi connectivity index (χ3n) is 7.72. The summed E-state index contributed by atoms with van der Waals surface area (Å²) in [5.74, 6) is 1.04. The first-order valence-corrected chi connectivity index (χ1v) is 12.6. The van der Waals surface area contributed by atoms with Gasteiger partial charge >= 0.3 is 0 Å². The van der Waals surface area contributed by atoms with Gasteiger partial charge in [0.15, 0.2) is 0 Å². The Morgan fingerprint density at radius 3 is 2.11 bits per heavy atom. The third-order valence-corrected chi connectivity index (χ3v) is 7.97. The van der Waals surface area contributed by atoms with E-state index in [0.29, 0.717) is 6.04 Å². The number of aromatic nitrogens is 2. The summed E-state index contributed by atoms with van der Waals surface area (Å²) in [6.45, 7) is 2.96. The molecule has 5 rings (SSSR count). The Hall–Kier alpha value is -2.89. The lowest BCUT2D eigenvalue weighted by Gasteiger charge is -2.37. The average molecular weight is 565 g/mol. The molecule has 186 valence electrons. The van der Waals surface area contributed by atoms with E-state index in [2.05, 4.69) is 40.6 Å². The number of carbonyl (C=O) groups excluding carboxylic acids is 1. The van der Waals surface area contributed by atoms with Gasteiger partial charge in [0.05, 0.1) is 0 Å². The van der Waals surface area contributed by atoms with Crippen molar-refractivity contribution in [2.75, 3.05) is 0 Å². The summed E-state index contributed by atoms with van der Waals surface area (Å²) < 4.78 is 4.64. The largest absolute Gasteiger partial charge is 1.00 e. The number of imidazole rings is 1. The highest BCUT2D eigenvalue weighted by atomic mass is 79.9. The molecule has 0 spiro atoms. The molecule has 2 N–H and O–H groups in total. The Bertz CT molecular complexity index is 1270. The van der Waals surface area contributed by atoms with Gasteiger partial charge in [-0.05, 0) is 54.0 Å². The van der Waals surface area contributed by atoms with Crippen molar-refractivity contribution in [3.8, 4) is 0 Å². The minimum atomic E-state index is -0.850. The first-order chi connectivity index (χ1) is 17.0. The fraction of sp³-hybridized carbons (Fsp3) is 0.267. The zero-order valence-corrected chi connectivity index (χ0v) is 22.7. The van der Waals surface area contributed by atoms with Crippen molar-refractivity contribution in [2.45, 2.75) is 44.2 Å². The zero-order valence-electron chi connectivity index (χ0n) is 20.4. The van der Waals surface area contributed by atoms with Crippen LogP contribution < -0.4 is 27.3 Å². The minimum absolute atomic E-state index is 0. The first-order valence-electron chi connectivity index (χ1n) is 12.2. The van der Waals surface area contributed by atoms with Gasteiger partial charge in [-0.2, -0.15) is 0 Å². The van der Waals surface area contributed by atoms with Crippen LogP contribution in [-0.4, -0.2) is 10.5 Å². The molecular formula is C30H31BrClN3O. The number of benzene rings is 3. The normalized spacial score (nSPS) is 17.5. The summed E-state index contributed by atoms with van der Waals surface area (Å²) in [6, 6.07) is 28.5. The Labute approximate surface area is 228 Å². The molecule has 0 radical (unpaired) electrons. The van der Waals surface area contributed by atoms with Gasteiger partial charge in [-0.15, -0.1) is 0 Å². The molecule has 4 aromatic rings. The van der Waals surface area contributed by atoms with Gasteiger partial charge in [0.1, 0.15) is 30.4 Å². The van der Waals surface area contributed by atoms with E-state index in [-0.39, 0.29) is 28.8 Å². The summed E-state index contributed by atoms with van der Waals surface area (Å²) in [6.07, 6.45) is 7.16. The van der Waals surface area contributed by atoms with Crippen LogP contribution in [-0.2, 0) is 16.8 Å². The van der Waals surface area contributed by atoms with E-state index in [1.807, 2.05) is 72.8 Å². The lowest BCUT2D eigenvalue weighted by atomic mass is 9.64. The van der Waals surface area contributed by atoms with Crippen molar-refractivity contribution < 1.29 is 26.3 Å². The lowest BCUT2D eigenvalue weighted by Crippen LogP contribution is -3.00. The Morgan fingerprint density at radius 1 is 0.972 bits per heavy atom. The second-order valence-electron chi connectivity index (χ2n) is 9.58. The number of hydrogen-bond acceptors (Lipinski definition) is 1. The van der Waals surface area contributed by atoms with Crippen molar-refractivity contribution >= 4 is 17.5 Å². The van der Waals surface area contributed by atoms with Gasteiger partial charge in [0.25, 0.3) is 5.82 Å². The Morgan fingerprint density at radius 2 is 1.56 bits per heavy atom. The quantitative estimate of drug-likeness (QED) is 0.345. The van der Waals surface area contributed by atoms with Crippen molar-refractivity contribution in [3.05, 3.63) is 125 Å². The predicted octanol–water partition coefficient (Wildman–Crippen LogP) is 2.60. The minimum Gasteiger partial charge on any atom is -1.00 e. The smallest absolute Gasteiger partial charge is 0.253 e. The molecular weight excluding hydrogens is 534 g/mol. The van der Waals surface area contributed by atoms with Crippen molar-refractivity contribution in [1.29, 1.82) is 0 Å². The standard InChI is InChI=1S/C30H30ClN3O.BrH/c1-22-33(21-23-12-15-27(31)16-13-23)18-19-34(22)28-17-14-26(20-28)30(29(32)35,24-8-4-2-5-9-24)25-10-6-3-7-11-25;/h2-13,15-16,18-19,26,28H,14,17,20-21H2,1H3,(H-,32,35);1H/t26-,28+;/m0./s1. The number of primary amides is 1. The van der Waals surface area contributed by atoms with Gasteiger partial charge in [-0.3, -0.25) is 4.79 Å². The Balaban J connectivity index is 0.00000304. The van der Waals surface area contributed by atoms with Crippen LogP contribution in [0.2, 0.25) is 5.02 Å². The molecule has 4 nitrogen and oxygen atoms in total. The number of nitrogens with zero attached hydrogens (tertiary/aromatic N) is 2. The van der Waals surface area contributed by atoms with E-state index in [4.69, 9.17) is 17.3 Å². The fourth-order valence-electron chi connectivity index (χ4n) is 5.99. The number of amides is 1. The Kier molecular flexibility index (Phi) is 8.01. The molecule has 1 heterocycles. The monoisotopic (exact) mass is 563 g/mol. The molecule has 3 aromatic carbocycles. The van der Waals surface area contributed by atoms with E-state index in [1.165, 1.54) is 11.4 Å². The number of hydrogen-bond donors (Lipinski definition) is 1. The van der Waals surface area contributed by atoms with Crippen LogP contribution in [0.4, 0.5) is 0 Å². The van der Waals surface area contributed by atoms with Crippen LogP contribution in [0.15, 0.2) is 97.3 Å². The van der Waals surface area contributed by atoms with Gasteiger partial charge in [-0.25, -0.2) is 9.13 Å². The fourth-order valence-corrected chi connectivity index (χ4v) is 6.11. The van der Waals surface area contributed by atoms with Crippen molar-refractivity contribution in [1.82, 2.24) is 4.57 Å². The molecule has 36 heavy (non-hydrogen) atoms. The lowest BCUT2D eigenvalue weighted by molar-refractivity contribution is -0.694. The molecule has 0 aliphatic heterocycles. The van der Waals surface area contributed by atoms with Crippen molar-refractivity contribution in [3.63, 3.8) is 0 Å².